The summed E-state index contributed by atoms with van der Waals surface area (Å²) in [7, 11) is 1.70. The van der Waals surface area contributed by atoms with Gasteiger partial charge in [0.05, 0.1) is 7.11 Å². The summed E-state index contributed by atoms with van der Waals surface area (Å²) in [6, 6.07) is 14.5. The molecule has 0 bridgehead atoms. The maximum atomic E-state index is 5.59. The molecule has 4 heteroatoms. The Labute approximate surface area is 137 Å². The molecule has 2 aromatic rings. The molecule has 1 aromatic carbocycles. The van der Waals surface area contributed by atoms with Crippen LogP contribution in [0.5, 0.6) is 5.75 Å². The molecule has 0 saturated carbocycles. The van der Waals surface area contributed by atoms with Gasteiger partial charge in [0.15, 0.2) is 0 Å². The first-order valence-electron chi connectivity index (χ1n) is 8.12. The van der Waals surface area contributed by atoms with Crippen LogP contribution in [0.3, 0.4) is 0 Å². The first-order valence-corrected chi connectivity index (χ1v) is 8.12. The molecular formula is C19H24N2O2. The molecule has 3 rings (SSSR count). The number of nitrogens with zero attached hydrogens (tertiary/aromatic N) is 1. The van der Waals surface area contributed by atoms with Crippen molar-refractivity contribution in [2.75, 3.05) is 32.2 Å². The summed E-state index contributed by atoms with van der Waals surface area (Å²) in [4.78, 5) is 4.55. The number of aryl methyl sites for hydroxylation is 1. The summed E-state index contributed by atoms with van der Waals surface area (Å²) in [5.41, 5.74) is 2.44. The van der Waals surface area contributed by atoms with Crippen LogP contribution in [0.2, 0.25) is 0 Å². The molecule has 1 N–H and O–H groups in total. The Bertz CT molecular complexity index is 634. The van der Waals surface area contributed by atoms with Crippen molar-refractivity contribution in [1.82, 2.24) is 4.98 Å². The third-order valence-electron chi connectivity index (χ3n) is 4.65. The largest absolute Gasteiger partial charge is 0.497 e. The van der Waals surface area contributed by atoms with Crippen LogP contribution in [0, 0.1) is 6.92 Å². The highest BCUT2D eigenvalue weighted by Crippen LogP contribution is 2.35. The summed E-state index contributed by atoms with van der Waals surface area (Å²) in [5, 5.41) is 3.53. The van der Waals surface area contributed by atoms with Gasteiger partial charge in [-0.15, -0.1) is 0 Å². The van der Waals surface area contributed by atoms with E-state index in [4.69, 9.17) is 9.47 Å². The highest BCUT2D eigenvalue weighted by atomic mass is 16.5. The first kappa shape index (κ1) is 15.8. The second kappa shape index (κ2) is 7.01. The van der Waals surface area contributed by atoms with Gasteiger partial charge in [-0.05, 0) is 49.6 Å². The summed E-state index contributed by atoms with van der Waals surface area (Å²) in [6.45, 7) is 4.47. The molecule has 1 aliphatic heterocycles. The van der Waals surface area contributed by atoms with E-state index in [1.54, 1.807) is 7.11 Å². The highest BCUT2D eigenvalue weighted by molar-refractivity contribution is 5.39. The lowest BCUT2D eigenvalue weighted by atomic mass is 9.74. The zero-order valence-corrected chi connectivity index (χ0v) is 13.8. The van der Waals surface area contributed by atoms with Crippen molar-refractivity contribution in [1.29, 1.82) is 0 Å². The molecule has 4 nitrogen and oxygen atoms in total. The van der Waals surface area contributed by atoms with Gasteiger partial charge in [-0.1, -0.05) is 18.2 Å². The van der Waals surface area contributed by atoms with Crippen molar-refractivity contribution >= 4 is 5.82 Å². The summed E-state index contributed by atoms with van der Waals surface area (Å²) in [6.07, 6.45) is 2.02. The standard InChI is InChI=1S/C19H24N2O2/c1-15-4-3-5-18(21-15)20-14-19(10-12-23-13-11-19)16-6-8-17(22-2)9-7-16/h3-9H,10-14H2,1-2H3,(H,20,21). The molecule has 0 aliphatic carbocycles. The van der Waals surface area contributed by atoms with Crippen LogP contribution in [-0.2, 0) is 10.2 Å². The Morgan fingerprint density at radius 2 is 1.87 bits per heavy atom. The first-order chi connectivity index (χ1) is 11.2. The molecule has 0 atom stereocenters. The van der Waals surface area contributed by atoms with Crippen LogP contribution in [0.15, 0.2) is 42.5 Å². The lowest BCUT2D eigenvalue weighted by Gasteiger charge is -2.38. The van der Waals surface area contributed by atoms with Gasteiger partial charge in [0.25, 0.3) is 0 Å². The summed E-state index contributed by atoms with van der Waals surface area (Å²) < 4.78 is 10.9. The van der Waals surface area contributed by atoms with Gasteiger partial charge in [0.2, 0.25) is 0 Å². The zero-order chi connectivity index (χ0) is 16.1. The van der Waals surface area contributed by atoms with Crippen LogP contribution < -0.4 is 10.1 Å². The van der Waals surface area contributed by atoms with Crippen LogP contribution >= 0.6 is 0 Å². The number of methoxy groups -OCH3 is 1. The number of benzene rings is 1. The number of aromatic nitrogens is 1. The van der Waals surface area contributed by atoms with Crippen molar-refractivity contribution < 1.29 is 9.47 Å². The Morgan fingerprint density at radius 3 is 2.52 bits per heavy atom. The zero-order valence-electron chi connectivity index (χ0n) is 13.8. The lowest BCUT2D eigenvalue weighted by Crippen LogP contribution is -2.40. The Hall–Kier alpha value is -2.07. The maximum Gasteiger partial charge on any atom is 0.126 e. The third kappa shape index (κ3) is 3.64. The Balaban J connectivity index is 1.81. The molecular weight excluding hydrogens is 288 g/mol. The molecule has 1 saturated heterocycles. The molecule has 0 radical (unpaired) electrons. The van der Waals surface area contributed by atoms with E-state index in [-0.39, 0.29) is 5.41 Å². The second-order valence-corrected chi connectivity index (χ2v) is 6.14. The molecule has 2 heterocycles. The number of pyridine rings is 1. The third-order valence-corrected chi connectivity index (χ3v) is 4.65. The predicted molar refractivity (Wildman–Crippen MR) is 92.2 cm³/mol. The van der Waals surface area contributed by atoms with E-state index in [0.29, 0.717) is 0 Å². The average Bonchev–Trinajstić information content (AvgIpc) is 2.61. The maximum absolute atomic E-state index is 5.59. The number of hydrogen-bond acceptors (Lipinski definition) is 4. The van der Waals surface area contributed by atoms with Crippen molar-refractivity contribution in [3.05, 3.63) is 53.7 Å². The van der Waals surface area contributed by atoms with E-state index < -0.39 is 0 Å². The van der Waals surface area contributed by atoms with E-state index >= 15 is 0 Å². The van der Waals surface area contributed by atoms with Crippen LogP contribution in [0.1, 0.15) is 24.1 Å². The smallest absolute Gasteiger partial charge is 0.126 e. The van der Waals surface area contributed by atoms with E-state index in [1.165, 1.54) is 5.56 Å². The fraction of sp³-hybridized carbons (Fsp3) is 0.421. The molecule has 0 amide bonds. The molecule has 1 aromatic heterocycles. The van der Waals surface area contributed by atoms with Crippen LogP contribution in [0.25, 0.3) is 0 Å². The second-order valence-electron chi connectivity index (χ2n) is 6.14. The minimum Gasteiger partial charge on any atom is -0.497 e. The molecule has 1 fully saturated rings. The summed E-state index contributed by atoms with van der Waals surface area (Å²) >= 11 is 0. The Kier molecular flexibility index (Phi) is 4.82. The number of rotatable bonds is 5. The topological polar surface area (TPSA) is 43.4 Å². The minimum absolute atomic E-state index is 0.0793. The Morgan fingerprint density at radius 1 is 1.13 bits per heavy atom. The number of hydrogen-bond donors (Lipinski definition) is 1. The molecule has 0 spiro atoms. The van der Waals surface area contributed by atoms with Gasteiger partial charge in [0, 0.05) is 30.9 Å². The van der Waals surface area contributed by atoms with Gasteiger partial charge in [-0.3, -0.25) is 0 Å². The predicted octanol–water partition coefficient (Wildman–Crippen LogP) is 3.56. The molecule has 0 unspecified atom stereocenters. The monoisotopic (exact) mass is 312 g/mol. The van der Waals surface area contributed by atoms with Gasteiger partial charge < -0.3 is 14.8 Å². The SMILES string of the molecule is COc1ccc(C2(CNc3cccc(C)n3)CCOCC2)cc1. The number of ether oxygens (including phenoxy) is 2. The fourth-order valence-corrected chi connectivity index (χ4v) is 3.18. The van der Waals surface area contributed by atoms with Crippen molar-refractivity contribution in [2.24, 2.45) is 0 Å². The van der Waals surface area contributed by atoms with Crippen molar-refractivity contribution in [3.8, 4) is 5.75 Å². The summed E-state index contributed by atoms with van der Waals surface area (Å²) in [5.74, 6) is 1.83. The van der Waals surface area contributed by atoms with Gasteiger partial charge in [-0.2, -0.15) is 0 Å². The normalized spacial score (nSPS) is 16.8. The lowest BCUT2D eigenvalue weighted by molar-refractivity contribution is 0.0543. The van der Waals surface area contributed by atoms with Crippen molar-refractivity contribution in [2.45, 2.75) is 25.2 Å². The van der Waals surface area contributed by atoms with E-state index in [1.807, 2.05) is 37.3 Å². The van der Waals surface area contributed by atoms with Crippen molar-refractivity contribution in [3.63, 3.8) is 0 Å². The number of anilines is 1. The van der Waals surface area contributed by atoms with E-state index in [9.17, 15) is 0 Å². The van der Waals surface area contributed by atoms with Crippen LogP contribution in [0.4, 0.5) is 5.82 Å². The van der Waals surface area contributed by atoms with E-state index in [2.05, 4.69) is 22.4 Å². The minimum atomic E-state index is 0.0793. The molecule has 122 valence electrons. The number of nitrogens with one attached hydrogen (secondary N) is 1. The van der Waals surface area contributed by atoms with Gasteiger partial charge >= 0.3 is 0 Å². The van der Waals surface area contributed by atoms with Gasteiger partial charge in [-0.25, -0.2) is 4.98 Å². The van der Waals surface area contributed by atoms with E-state index in [0.717, 1.165) is 49.9 Å². The fourth-order valence-electron chi connectivity index (χ4n) is 3.18. The average molecular weight is 312 g/mol. The molecule has 23 heavy (non-hydrogen) atoms. The molecule has 1 aliphatic rings. The highest BCUT2D eigenvalue weighted by Gasteiger charge is 2.34. The quantitative estimate of drug-likeness (QED) is 0.917. The van der Waals surface area contributed by atoms with Gasteiger partial charge in [0.1, 0.15) is 11.6 Å². The van der Waals surface area contributed by atoms with Crippen LogP contribution in [-0.4, -0.2) is 31.9 Å².